The molecular formula is C18H27N7O. The Hall–Kier alpha value is -2.48. The summed E-state index contributed by atoms with van der Waals surface area (Å²) in [6.07, 6.45) is 4.93. The number of nitrogens with one attached hydrogen (secondary N) is 3. The number of imidazole rings is 1. The molecule has 1 aliphatic heterocycles. The summed E-state index contributed by atoms with van der Waals surface area (Å²) in [5.41, 5.74) is 1.43. The Kier molecular flexibility index (Phi) is 6.17. The first kappa shape index (κ1) is 18.3. The van der Waals surface area contributed by atoms with Crippen molar-refractivity contribution in [3.63, 3.8) is 0 Å². The molecule has 140 valence electrons. The number of carbonyl (C=O) groups excluding carboxylic acids is 1. The van der Waals surface area contributed by atoms with E-state index < -0.39 is 0 Å². The van der Waals surface area contributed by atoms with Crippen molar-refractivity contribution in [2.45, 2.75) is 46.2 Å². The first-order valence-corrected chi connectivity index (χ1v) is 9.29. The monoisotopic (exact) mass is 357 g/mol. The summed E-state index contributed by atoms with van der Waals surface area (Å²) >= 11 is 0. The Morgan fingerprint density at radius 3 is 3.00 bits per heavy atom. The van der Waals surface area contributed by atoms with Crippen LogP contribution in [0, 0.1) is 6.92 Å². The zero-order valence-electron chi connectivity index (χ0n) is 15.5. The number of aryl methyl sites for hydroxylation is 2. The van der Waals surface area contributed by atoms with Gasteiger partial charge in [0, 0.05) is 50.6 Å². The minimum Gasteiger partial charge on any atom is -0.368 e. The summed E-state index contributed by atoms with van der Waals surface area (Å²) < 4.78 is 2.03. The second-order valence-electron chi connectivity index (χ2n) is 6.51. The molecule has 1 aliphatic rings. The molecule has 0 atom stereocenters. The van der Waals surface area contributed by atoms with Gasteiger partial charge in [0.15, 0.2) is 0 Å². The van der Waals surface area contributed by atoms with Gasteiger partial charge in [-0.05, 0) is 13.3 Å². The highest BCUT2D eigenvalue weighted by molar-refractivity contribution is 5.92. The van der Waals surface area contributed by atoms with Gasteiger partial charge in [-0.3, -0.25) is 4.79 Å². The van der Waals surface area contributed by atoms with E-state index in [0.717, 1.165) is 55.5 Å². The van der Waals surface area contributed by atoms with Crippen LogP contribution in [0.4, 0.5) is 5.82 Å². The maximum Gasteiger partial charge on any atom is 0.271 e. The van der Waals surface area contributed by atoms with Crippen LogP contribution in [0.1, 0.15) is 47.6 Å². The molecule has 8 heteroatoms. The third-order valence-corrected chi connectivity index (χ3v) is 4.28. The van der Waals surface area contributed by atoms with Gasteiger partial charge in [-0.2, -0.15) is 0 Å². The van der Waals surface area contributed by atoms with Gasteiger partial charge in [-0.25, -0.2) is 15.0 Å². The maximum atomic E-state index is 12.2. The number of fused-ring (bicyclic) bond motifs is 1. The summed E-state index contributed by atoms with van der Waals surface area (Å²) in [6.45, 7) is 7.71. The number of anilines is 1. The molecule has 2 aromatic rings. The number of hydrogen-bond acceptors (Lipinski definition) is 6. The van der Waals surface area contributed by atoms with Crippen molar-refractivity contribution in [3.05, 3.63) is 35.3 Å². The molecule has 3 heterocycles. The molecule has 0 spiro atoms. The predicted octanol–water partition coefficient (Wildman–Crippen LogP) is 1.27. The van der Waals surface area contributed by atoms with E-state index in [4.69, 9.17) is 0 Å². The molecule has 3 N–H and O–H groups in total. The number of carbonyl (C=O) groups is 1. The first-order valence-electron chi connectivity index (χ1n) is 9.29. The molecule has 0 bridgehead atoms. The minimum absolute atomic E-state index is 0.142. The largest absolute Gasteiger partial charge is 0.368 e. The Morgan fingerprint density at radius 1 is 1.31 bits per heavy atom. The zero-order chi connectivity index (χ0) is 18.4. The van der Waals surface area contributed by atoms with Crippen molar-refractivity contribution >= 4 is 11.7 Å². The summed E-state index contributed by atoms with van der Waals surface area (Å²) in [4.78, 5) is 25.6. The molecule has 26 heavy (non-hydrogen) atoms. The van der Waals surface area contributed by atoms with Gasteiger partial charge in [0.2, 0.25) is 0 Å². The van der Waals surface area contributed by atoms with Crippen LogP contribution >= 0.6 is 0 Å². The van der Waals surface area contributed by atoms with Crippen molar-refractivity contribution in [3.8, 4) is 0 Å². The molecule has 8 nitrogen and oxygen atoms in total. The van der Waals surface area contributed by atoms with E-state index in [1.807, 2.05) is 23.8 Å². The molecule has 3 rings (SSSR count). The van der Waals surface area contributed by atoms with Crippen LogP contribution in [0.25, 0.3) is 0 Å². The molecule has 0 saturated carbocycles. The maximum absolute atomic E-state index is 12.2. The van der Waals surface area contributed by atoms with Gasteiger partial charge in [0.25, 0.3) is 5.91 Å². The normalized spacial score (nSPS) is 13.3. The van der Waals surface area contributed by atoms with Crippen LogP contribution in [0.15, 0.2) is 12.3 Å². The Bertz CT molecular complexity index is 732. The molecule has 0 aromatic carbocycles. The van der Waals surface area contributed by atoms with Gasteiger partial charge in [-0.15, -0.1) is 0 Å². The van der Waals surface area contributed by atoms with Crippen LogP contribution in [0.3, 0.4) is 0 Å². The number of nitrogens with zero attached hydrogens (tertiary/aromatic N) is 4. The van der Waals surface area contributed by atoms with E-state index in [-0.39, 0.29) is 5.91 Å². The standard InChI is InChI=1S/C18H27N7O/c1-3-4-5-15-22-13(2)10-16(24-15)20-6-7-21-18(26)14-12-25-9-8-19-11-17(25)23-14/h10,12,19H,3-9,11H2,1-2H3,(H,21,26)(H,20,22,24). The summed E-state index contributed by atoms with van der Waals surface area (Å²) in [5.74, 6) is 2.45. The Labute approximate surface area is 153 Å². The van der Waals surface area contributed by atoms with E-state index >= 15 is 0 Å². The van der Waals surface area contributed by atoms with Gasteiger partial charge in [-0.1, -0.05) is 13.3 Å². The highest BCUT2D eigenvalue weighted by Crippen LogP contribution is 2.09. The van der Waals surface area contributed by atoms with Crippen molar-refractivity contribution in [1.82, 2.24) is 30.2 Å². The number of rotatable bonds is 8. The van der Waals surface area contributed by atoms with E-state index in [0.29, 0.717) is 25.3 Å². The van der Waals surface area contributed by atoms with Crippen molar-refractivity contribution in [2.75, 3.05) is 25.0 Å². The molecular weight excluding hydrogens is 330 g/mol. The van der Waals surface area contributed by atoms with Crippen LogP contribution in [-0.2, 0) is 19.5 Å². The summed E-state index contributed by atoms with van der Waals surface area (Å²) in [5, 5.41) is 9.41. The van der Waals surface area contributed by atoms with Crippen LogP contribution < -0.4 is 16.0 Å². The Morgan fingerprint density at radius 2 is 2.19 bits per heavy atom. The van der Waals surface area contributed by atoms with Gasteiger partial charge in [0.05, 0.1) is 6.54 Å². The van der Waals surface area contributed by atoms with Crippen molar-refractivity contribution in [2.24, 2.45) is 0 Å². The highest BCUT2D eigenvalue weighted by Gasteiger charge is 2.15. The summed E-state index contributed by atoms with van der Waals surface area (Å²) in [7, 11) is 0. The van der Waals surface area contributed by atoms with E-state index in [9.17, 15) is 4.79 Å². The number of unbranched alkanes of at least 4 members (excludes halogenated alkanes) is 1. The summed E-state index contributed by atoms with van der Waals surface area (Å²) in [6, 6.07) is 1.92. The number of hydrogen-bond donors (Lipinski definition) is 3. The number of aromatic nitrogens is 4. The predicted molar refractivity (Wildman–Crippen MR) is 100 cm³/mol. The van der Waals surface area contributed by atoms with E-state index in [1.54, 1.807) is 0 Å². The fourth-order valence-corrected chi connectivity index (χ4v) is 2.92. The molecule has 0 unspecified atom stereocenters. The van der Waals surface area contributed by atoms with E-state index in [1.165, 1.54) is 0 Å². The topological polar surface area (TPSA) is 96.8 Å². The SMILES string of the molecule is CCCCc1nc(C)cc(NCCNC(=O)c2cn3c(n2)CNCC3)n1. The molecule has 0 fully saturated rings. The smallest absolute Gasteiger partial charge is 0.271 e. The third-order valence-electron chi connectivity index (χ3n) is 4.28. The van der Waals surface area contributed by atoms with Gasteiger partial charge in [0.1, 0.15) is 23.2 Å². The first-order chi connectivity index (χ1) is 12.7. The average molecular weight is 357 g/mol. The van der Waals surface area contributed by atoms with Crippen molar-refractivity contribution in [1.29, 1.82) is 0 Å². The number of amides is 1. The van der Waals surface area contributed by atoms with Crippen LogP contribution in [0.2, 0.25) is 0 Å². The molecule has 1 amide bonds. The Balaban J connectivity index is 1.47. The van der Waals surface area contributed by atoms with Gasteiger partial charge < -0.3 is 20.5 Å². The molecule has 0 aliphatic carbocycles. The fourth-order valence-electron chi connectivity index (χ4n) is 2.92. The molecule has 2 aromatic heterocycles. The lowest BCUT2D eigenvalue weighted by atomic mass is 10.2. The average Bonchev–Trinajstić information content (AvgIpc) is 3.07. The molecule has 0 saturated heterocycles. The fraction of sp³-hybridized carbons (Fsp3) is 0.556. The van der Waals surface area contributed by atoms with Crippen LogP contribution in [0.5, 0.6) is 0 Å². The second kappa shape index (κ2) is 8.75. The third kappa shape index (κ3) is 4.78. The zero-order valence-corrected chi connectivity index (χ0v) is 15.5. The lowest BCUT2D eigenvalue weighted by molar-refractivity contribution is 0.0950. The van der Waals surface area contributed by atoms with E-state index in [2.05, 4.69) is 37.8 Å². The van der Waals surface area contributed by atoms with Crippen molar-refractivity contribution < 1.29 is 4.79 Å². The quantitative estimate of drug-likeness (QED) is 0.616. The van der Waals surface area contributed by atoms with Gasteiger partial charge >= 0.3 is 0 Å². The highest BCUT2D eigenvalue weighted by atomic mass is 16.1. The second-order valence-corrected chi connectivity index (χ2v) is 6.51. The van der Waals surface area contributed by atoms with Crippen LogP contribution in [-0.4, -0.2) is 45.1 Å². The molecule has 0 radical (unpaired) electrons. The lowest BCUT2D eigenvalue weighted by Gasteiger charge is -2.13. The minimum atomic E-state index is -0.142. The lowest BCUT2D eigenvalue weighted by Crippen LogP contribution is -2.29.